The maximum absolute atomic E-state index is 12.4. The highest BCUT2D eigenvalue weighted by Crippen LogP contribution is 2.28. The molecule has 1 aromatic heterocycles. The van der Waals surface area contributed by atoms with Gasteiger partial charge in [0.25, 0.3) is 5.91 Å². The number of nitrogens with zero attached hydrogens (tertiary/aromatic N) is 1. The average Bonchev–Trinajstić information content (AvgIpc) is 3.41. The van der Waals surface area contributed by atoms with Crippen LogP contribution in [0.3, 0.4) is 0 Å². The number of benzene rings is 3. The first-order valence-corrected chi connectivity index (χ1v) is 12.2. The van der Waals surface area contributed by atoms with Gasteiger partial charge in [-0.25, -0.2) is 9.78 Å². The molecule has 0 radical (unpaired) electrons. The highest BCUT2D eigenvalue weighted by Gasteiger charge is 2.17. The van der Waals surface area contributed by atoms with E-state index in [1.54, 1.807) is 12.5 Å². The smallest absolute Gasteiger partial charge is 0.358 e. The second-order valence-electron chi connectivity index (χ2n) is 7.86. The number of ether oxygens (including phenoxy) is 2. The molecule has 7 heteroatoms. The van der Waals surface area contributed by atoms with E-state index in [4.69, 9.17) is 9.47 Å². The predicted octanol–water partition coefficient (Wildman–Crippen LogP) is 5.31. The molecule has 0 saturated carbocycles. The van der Waals surface area contributed by atoms with E-state index < -0.39 is 5.97 Å². The number of methoxy groups -OCH3 is 1. The van der Waals surface area contributed by atoms with Crippen LogP contribution in [0.2, 0.25) is 0 Å². The molecule has 4 rings (SSSR count). The molecule has 0 bridgehead atoms. The Kier molecular flexibility index (Phi) is 8.25. The fourth-order valence-corrected chi connectivity index (χ4v) is 4.54. The first-order chi connectivity index (χ1) is 17.1. The van der Waals surface area contributed by atoms with Crippen molar-refractivity contribution in [3.8, 4) is 16.3 Å². The lowest BCUT2D eigenvalue weighted by molar-refractivity contribution is -0.124. The Morgan fingerprint density at radius 2 is 1.54 bits per heavy atom. The number of amides is 1. The molecule has 0 aliphatic heterocycles. The summed E-state index contributed by atoms with van der Waals surface area (Å²) in [4.78, 5) is 29.0. The Hall–Kier alpha value is -3.97. The van der Waals surface area contributed by atoms with Gasteiger partial charge in [-0.1, -0.05) is 60.7 Å². The number of carbonyl (C=O) groups excluding carboxylic acids is 2. The van der Waals surface area contributed by atoms with E-state index >= 15 is 0 Å². The predicted molar refractivity (Wildman–Crippen MR) is 137 cm³/mol. The Bertz CT molecular complexity index is 1200. The number of aromatic nitrogens is 1. The highest BCUT2D eigenvalue weighted by atomic mass is 32.1. The van der Waals surface area contributed by atoms with Crippen molar-refractivity contribution < 1.29 is 19.1 Å². The number of nitrogens with one attached hydrogen (secondary N) is 1. The summed E-state index contributed by atoms with van der Waals surface area (Å²) in [5.74, 6) is -0.0621. The van der Waals surface area contributed by atoms with Crippen molar-refractivity contribution in [3.63, 3.8) is 0 Å². The minimum Gasteiger partial charge on any atom is -0.497 e. The second kappa shape index (κ2) is 11.9. The molecule has 6 nitrogen and oxygen atoms in total. The van der Waals surface area contributed by atoms with Gasteiger partial charge in [0.2, 0.25) is 0 Å². The summed E-state index contributed by atoms with van der Waals surface area (Å²) < 4.78 is 10.3. The molecule has 0 atom stereocenters. The average molecular weight is 487 g/mol. The molecule has 35 heavy (non-hydrogen) atoms. The summed E-state index contributed by atoms with van der Waals surface area (Å²) in [6.45, 7) is 0.110. The molecule has 1 N–H and O–H groups in total. The maximum atomic E-state index is 12.4. The van der Waals surface area contributed by atoms with Crippen LogP contribution in [0.5, 0.6) is 5.75 Å². The van der Waals surface area contributed by atoms with E-state index in [1.807, 2.05) is 60.7 Å². The zero-order chi connectivity index (χ0) is 24.5. The number of thiazole rings is 1. The lowest BCUT2D eigenvalue weighted by atomic mass is 9.88. The zero-order valence-corrected chi connectivity index (χ0v) is 20.2. The Balaban J connectivity index is 1.27. The van der Waals surface area contributed by atoms with E-state index in [2.05, 4.69) is 34.6 Å². The Morgan fingerprint density at radius 1 is 0.914 bits per heavy atom. The van der Waals surface area contributed by atoms with Crippen LogP contribution in [0.25, 0.3) is 10.6 Å². The normalized spacial score (nSPS) is 10.7. The van der Waals surface area contributed by atoms with Gasteiger partial charge < -0.3 is 14.8 Å². The van der Waals surface area contributed by atoms with Crippen LogP contribution >= 0.6 is 11.3 Å². The molecule has 0 fully saturated rings. The van der Waals surface area contributed by atoms with Crippen LogP contribution in [0.15, 0.2) is 90.3 Å². The Labute approximate surface area is 208 Å². The van der Waals surface area contributed by atoms with Crippen LogP contribution in [0, 0.1) is 0 Å². The van der Waals surface area contributed by atoms with Gasteiger partial charge in [0, 0.05) is 23.4 Å². The Morgan fingerprint density at radius 3 is 2.14 bits per heavy atom. The summed E-state index contributed by atoms with van der Waals surface area (Å²) in [7, 11) is 1.60. The first-order valence-electron chi connectivity index (χ1n) is 11.3. The molecule has 0 saturated heterocycles. The largest absolute Gasteiger partial charge is 0.497 e. The molecule has 0 aliphatic carbocycles. The van der Waals surface area contributed by atoms with Gasteiger partial charge in [0.15, 0.2) is 12.3 Å². The third-order valence-corrected chi connectivity index (χ3v) is 6.44. The maximum Gasteiger partial charge on any atom is 0.358 e. The van der Waals surface area contributed by atoms with Gasteiger partial charge in [-0.05, 0) is 41.8 Å². The van der Waals surface area contributed by atoms with Gasteiger partial charge in [0.1, 0.15) is 10.8 Å². The van der Waals surface area contributed by atoms with Crippen LogP contribution in [0.4, 0.5) is 0 Å². The minimum absolute atomic E-state index is 0.159. The van der Waals surface area contributed by atoms with Gasteiger partial charge in [-0.15, -0.1) is 11.3 Å². The molecule has 0 aliphatic rings. The second-order valence-corrected chi connectivity index (χ2v) is 8.71. The van der Waals surface area contributed by atoms with E-state index in [0.29, 0.717) is 11.6 Å². The van der Waals surface area contributed by atoms with Crippen molar-refractivity contribution >= 4 is 23.2 Å². The quantitative estimate of drug-likeness (QED) is 0.307. The lowest BCUT2D eigenvalue weighted by Gasteiger charge is -2.18. The number of rotatable bonds is 10. The fraction of sp³-hybridized carbons (Fsp3) is 0.179. The fourth-order valence-electron chi connectivity index (χ4n) is 3.74. The summed E-state index contributed by atoms with van der Waals surface area (Å²) >= 11 is 1.34. The molecule has 0 unspecified atom stereocenters. The lowest BCUT2D eigenvalue weighted by Crippen LogP contribution is -2.30. The van der Waals surface area contributed by atoms with Crippen LogP contribution in [-0.2, 0) is 9.53 Å². The van der Waals surface area contributed by atoms with Crippen LogP contribution in [0.1, 0.15) is 34.0 Å². The molecule has 178 valence electrons. The summed E-state index contributed by atoms with van der Waals surface area (Å²) in [5, 5.41) is 5.18. The molecular weight excluding hydrogens is 460 g/mol. The van der Waals surface area contributed by atoms with Gasteiger partial charge in [-0.2, -0.15) is 0 Å². The van der Waals surface area contributed by atoms with Crippen molar-refractivity contribution in [2.24, 2.45) is 0 Å². The third-order valence-electron chi connectivity index (χ3n) is 5.54. The topological polar surface area (TPSA) is 77.5 Å². The molecule has 1 amide bonds. The van der Waals surface area contributed by atoms with Crippen molar-refractivity contribution in [2.45, 2.75) is 12.3 Å². The standard InChI is InChI=1S/C28H26N2O4S/c1-33-23-14-12-22(13-15-23)27-30-25(19-35-27)28(32)34-18-26(31)29-17-16-24(20-8-4-2-5-9-20)21-10-6-3-7-11-21/h2-15,19,24H,16-18H2,1H3,(H,29,31). The van der Waals surface area contributed by atoms with Crippen molar-refractivity contribution in [2.75, 3.05) is 20.3 Å². The number of esters is 1. The van der Waals surface area contributed by atoms with Crippen molar-refractivity contribution in [3.05, 3.63) is 107 Å². The monoisotopic (exact) mass is 486 g/mol. The SMILES string of the molecule is COc1ccc(-c2nc(C(=O)OCC(=O)NCCC(c3ccccc3)c3ccccc3)cs2)cc1. The van der Waals surface area contributed by atoms with Gasteiger partial charge in [-0.3, -0.25) is 4.79 Å². The van der Waals surface area contributed by atoms with Gasteiger partial charge in [0.05, 0.1) is 7.11 Å². The van der Waals surface area contributed by atoms with Crippen LogP contribution in [-0.4, -0.2) is 37.1 Å². The van der Waals surface area contributed by atoms with Gasteiger partial charge >= 0.3 is 5.97 Å². The first kappa shape index (κ1) is 24.2. The molecule has 3 aromatic carbocycles. The van der Waals surface area contributed by atoms with E-state index in [1.165, 1.54) is 22.5 Å². The van der Waals surface area contributed by atoms with E-state index in [-0.39, 0.29) is 24.1 Å². The molecule has 1 heterocycles. The van der Waals surface area contributed by atoms with Crippen LogP contribution < -0.4 is 10.1 Å². The summed E-state index contributed by atoms with van der Waals surface area (Å²) in [6, 6.07) is 27.8. The van der Waals surface area contributed by atoms with Crippen molar-refractivity contribution in [1.29, 1.82) is 0 Å². The summed E-state index contributed by atoms with van der Waals surface area (Å²) in [5.41, 5.74) is 3.44. The third kappa shape index (κ3) is 6.55. The molecule has 4 aromatic rings. The van der Waals surface area contributed by atoms with E-state index in [0.717, 1.165) is 17.7 Å². The molecule has 0 spiro atoms. The number of carbonyl (C=O) groups is 2. The number of hydrogen-bond donors (Lipinski definition) is 1. The molecular formula is C28H26N2O4S. The summed E-state index contributed by atoms with van der Waals surface area (Å²) in [6.07, 6.45) is 0.727. The zero-order valence-electron chi connectivity index (χ0n) is 19.3. The minimum atomic E-state index is -0.623. The van der Waals surface area contributed by atoms with E-state index in [9.17, 15) is 9.59 Å². The van der Waals surface area contributed by atoms with Crippen molar-refractivity contribution in [1.82, 2.24) is 10.3 Å². The highest BCUT2D eigenvalue weighted by molar-refractivity contribution is 7.13. The number of hydrogen-bond acceptors (Lipinski definition) is 6.